The Bertz CT molecular complexity index is 866. The van der Waals surface area contributed by atoms with Crippen molar-refractivity contribution in [2.24, 2.45) is 5.73 Å². The molecule has 1 atom stereocenters. The van der Waals surface area contributed by atoms with Gasteiger partial charge in [-0.25, -0.2) is 5.48 Å². The van der Waals surface area contributed by atoms with Crippen LogP contribution in [-0.4, -0.2) is 48.6 Å². The highest BCUT2D eigenvalue weighted by molar-refractivity contribution is 5.97. The van der Waals surface area contributed by atoms with Crippen molar-refractivity contribution >= 4 is 11.8 Å². The molecule has 0 fully saturated rings. The molecule has 2 aromatic rings. The molecule has 2 aromatic carbocycles. The topological polar surface area (TPSA) is 108 Å². The quantitative estimate of drug-likeness (QED) is 0.335. The SMILES string of the molecule is C.CN(C)Cc1ccc(C#Cc2ccc(C(=O)N[C@@H](CN)C(=O)NO)cc2)cc1. The minimum Gasteiger partial charge on any atom is -0.339 e. The Kier molecular flexibility index (Phi) is 9.56. The molecule has 0 aromatic heterocycles. The molecule has 0 unspecified atom stereocenters. The minimum absolute atomic E-state index is 0. The highest BCUT2D eigenvalue weighted by Crippen LogP contribution is 2.07. The van der Waals surface area contributed by atoms with Gasteiger partial charge in [0.1, 0.15) is 6.04 Å². The van der Waals surface area contributed by atoms with Gasteiger partial charge in [-0.15, -0.1) is 0 Å². The van der Waals surface area contributed by atoms with Crippen molar-refractivity contribution in [1.82, 2.24) is 15.7 Å². The molecule has 7 nitrogen and oxygen atoms in total. The van der Waals surface area contributed by atoms with Crippen LogP contribution in [-0.2, 0) is 11.3 Å². The Morgan fingerprint density at radius 1 is 1.03 bits per heavy atom. The van der Waals surface area contributed by atoms with Crippen LogP contribution >= 0.6 is 0 Å². The molecular weight excluding hydrogens is 368 g/mol. The van der Waals surface area contributed by atoms with Crippen LogP contribution in [0.25, 0.3) is 0 Å². The second kappa shape index (κ2) is 11.6. The Labute approximate surface area is 171 Å². The maximum Gasteiger partial charge on any atom is 0.267 e. The fraction of sp³-hybridized carbons (Fsp3) is 0.273. The highest BCUT2D eigenvalue weighted by Gasteiger charge is 2.19. The van der Waals surface area contributed by atoms with Gasteiger partial charge in [-0.1, -0.05) is 31.4 Å². The van der Waals surface area contributed by atoms with E-state index in [1.165, 1.54) is 11.0 Å². The fourth-order valence-electron chi connectivity index (χ4n) is 2.46. The molecule has 5 N–H and O–H groups in total. The van der Waals surface area contributed by atoms with Gasteiger partial charge in [-0.05, 0) is 56.1 Å². The summed E-state index contributed by atoms with van der Waals surface area (Å²) in [7, 11) is 4.05. The van der Waals surface area contributed by atoms with Gasteiger partial charge >= 0.3 is 0 Å². The van der Waals surface area contributed by atoms with E-state index >= 15 is 0 Å². The van der Waals surface area contributed by atoms with Crippen LogP contribution in [0.2, 0.25) is 0 Å². The highest BCUT2D eigenvalue weighted by atomic mass is 16.5. The number of amides is 2. The van der Waals surface area contributed by atoms with E-state index in [1.807, 2.05) is 38.4 Å². The van der Waals surface area contributed by atoms with Crippen molar-refractivity contribution < 1.29 is 14.8 Å². The second-order valence-corrected chi connectivity index (χ2v) is 6.50. The number of benzene rings is 2. The lowest BCUT2D eigenvalue weighted by atomic mass is 10.1. The summed E-state index contributed by atoms with van der Waals surface area (Å²) in [6.45, 7) is 0.747. The standard InChI is InChI=1S/C21H24N4O3.CH4/c1-25(2)14-17-7-5-15(6-8-17)3-4-16-9-11-18(12-10-16)20(26)23-19(13-22)21(27)24-28;/h5-12,19,28H,13-14,22H2,1-2H3,(H,23,26)(H,24,27);1H4/t19-;/m0./s1. The fourth-order valence-corrected chi connectivity index (χ4v) is 2.46. The molecule has 0 spiro atoms. The number of carbonyl (C=O) groups excluding carboxylic acids is 2. The van der Waals surface area contributed by atoms with Gasteiger partial charge in [0.25, 0.3) is 11.8 Å². The lowest BCUT2D eigenvalue weighted by Crippen LogP contribution is -2.50. The Morgan fingerprint density at radius 2 is 1.55 bits per heavy atom. The van der Waals surface area contributed by atoms with Gasteiger partial charge in [0.15, 0.2) is 0 Å². The molecule has 0 aliphatic carbocycles. The van der Waals surface area contributed by atoms with Crippen molar-refractivity contribution in [3.05, 3.63) is 70.8 Å². The summed E-state index contributed by atoms with van der Waals surface area (Å²) in [6.07, 6.45) is 0. The predicted molar refractivity (Wildman–Crippen MR) is 113 cm³/mol. The molecule has 0 saturated carbocycles. The maximum absolute atomic E-state index is 12.2. The Morgan fingerprint density at radius 3 is 2.00 bits per heavy atom. The van der Waals surface area contributed by atoms with Crippen LogP contribution in [0, 0.1) is 11.8 Å². The van der Waals surface area contributed by atoms with Gasteiger partial charge in [0.2, 0.25) is 0 Å². The summed E-state index contributed by atoms with van der Waals surface area (Å²) in [6, 6.07) is 13.7. The zero-order chi connectivity index (χ0) is 20.5. The summed E-state index contributed by atoms with van der Waals surface area (Å²) in [5.41, 5.74) is 10.1. The third-order valence-electron chi connectivity index (χ3n) is 3.92. The van der Waals surface area contributed by atoms with E-state index in [9.17, 15) is 9.59 Å². The number of rotatable bonds is 6. The van der Waals surface area contributed by atoms with Crippen LogP contribution in [0.1, 0.15) is 34.5 Å². The number of nitrogens with one attached hydrogen (secondary N) is 2. The number of hydroxylamine groups is 1. The van der Waals surface area contributed by atoms with Crippen LogP contribution in [0.15, 0.2) is 48.5 Å². The molecular formula is C22H28N4O3. The van der Waals surface area contributed by atoms with Crippen LogP contribution in [0.3, 0.4) is 0 Å². The molecule has 2 amide bonds. The summed E-state index contributed by atoms with van der Waals surface area (Å²) in [4.78, 5) is 25.6. The van der Waals surface area contributed by atoms with E-state index in [0.717, 1.165) is 17.7 Å². The minimum atomic E-state index is -1.01. The predicted octanol–water partition coefficient (Wildman–Crippen LogP) is 1.35. The summed E-state index contributed by atoms with van der Waals surface area (Å²) >= 11 is 0. The lowest BCUT2D eigenvalue weighted by molar-refractivity contribution is -0.130. The molecule has 0 bridgehead atoms. The average molecular weight is 396 g/mol. The molecule has 29 heavy (non-hydrogen) atoms. The second-order valence-electron chi connectivity index (χ2n) is 6.50. The van der Waals surface area contributed by atoms with E-state index in [1.54, 1.807) is 24.3 Å². The molecule has 0 aliphatic heterocycles. The first-order valence-electron chi connectivity index (χ1n) is 8.73. The monoisotopic (exact) mass is 396 g/mol. The largest absolute Gasteiger partial charge is 0.339 e. The van der Waals surface area contributed by atoms with Crippen molar-refractivity contribution in [3.63, 3.8) is 0 Å². The van der Waals surface area contributed by atoms with Crippen LogP contribution in [0.4, 0.5) is 0 Å². The first kappa shape index (κ1) is 23.9. The molecule has 7 heteroatoms. The third kappa shape index (κ3) is 7.39. The normalized spacial score (nSPS) is 10.9. The Balaban J connectivity index is 0.00000420. The summed E-state index contributed by atoms with van der Waals surface area (Å²) in [5, 5.41) is 11.1. The van der Waals surface area contributed by atoms with Crippen LogP contribution < -0.4 is 16.5 Å². The smallest absolute Gasteiger partial charge is 0.267 e. The molecule has 0 saturated heterocycles. The first-order valence-corrected chi connectivity index (χ1v) is 8.73. The average Bonchev–Trinajstić information content (AvgIpc) is 2.70. The van der Waals surface area contributed by atoms with Gasteiger partial charge < -0.3 is 16.0 Å². The number of hydrogen-bond acceptors (Lipinski definition) is 5. The third-order valence-corrected chi connectivity index (χ3v) is 3.92. The summed E-state index contributed by atoms with van der Waals surface area (Å²) in [5.74, 6) is 4.92. The molecule has 0 aliphatic rings. The van der Waals surface area contributed by atoms with Crippen molar-refractivity contribution in [2.45, 2.75) is 20.0 Å². The van der Waals surface area contributed by atoms with Crippen LogP contribution in [0.5, 0.6) is 0 Å². The first-order chi connectivity index (χ1) is 13.4. The van der Waals surface area contributed by atoms with Crippen molar-refractivity contribution in [1.29, 1.82) is 0 Å². The van der Waals surface area contributed by atoms with Gasteiger partial charge in [0, 0.05) is 29.8 Å². The van der Waals surface area contributed by atoms with Crippen molar-refractivity contribution in [3.8, 4) is 11.8 Å². The molecule has 2 rings (SSSR count). The van der Waals surface area contributed by atoms with E-state index in [0.29, 0.717) is 5.56 Å². The van der Waals surface area contributed by atoms with E-state index < -0.39 is 17.9 Å². The number of nitrogens with zero attached hydrogens (tertiary/aromatic N) is 1. The molecule has 0 radical (unpaired) electrons. The maximum atomic E-state index is 12.2. The van der Waals surface area contributed by atoms with Gasteiger partial charge in [-0.2, -0.15) is 0 Å². The molecule has 0 heterocycles. The van der Waals surface area contributed by atoms with E-state index in [2.05, 4.69) is 22.1 Å². The number of hydrogen-bond donors (Lipinski definition) is 4. The summed E-state index contributed by atoms with van der Waals surface area (Å²) < 4.78 is 0. The lowest BCUT2D eigenvalue weighted by Gasteiger charge is -2.14. The van der Waals surface area contributed by atoms with E-state index in [4.69, 9.17) is 10.9 Å². The molecule has 154 valence electrons. The zero-order valence-electron chi connectivity index (χ0n) is 15.9. The van der Waals surface area contributed by atoms with Gasteiger partial charge in [-0.3, -0.25) is 14.8 Å². The zero-order valence-corrected chi connectivity index (χ0v) is 15.9. The van der Waals surface area contributed by atoms with E-state index in [-0.39, 0.29) is 14.0 Å². The van der Waals surface area contributed by atoms with Gasteiger partial charge in [0.05, 0.1) is 0 Å². The number of carbonyl (C=O) groups is 2. The number of nitrogens with two attached hydrogens (primary N) is 1. The van der Waals surface area contributed by atoms with Crippen molar-refractivity contribution in [2.75, 3.05) is 20.6 Å². The Hall–Kier alpha value is -3.18.